The fourth-order valence-corrected chi connectivity index (χ4v) is 1.12. The van der Waals surface area contributed by atoms with Crippen LogP contribution in [-0.2, 0) is 11.3 Å². The molecule has 1 rings (SSSR count). The smallest absolute Gasteiger partial charge is 0.236 e. The molecule has 15 heavy (non-hydrogen) atoms. The van der Waals surface area contributed by atoms with E-state index in [0.29, 0.717) is 13.1 Å². The highest BCUT2D eigenvalue weighted by atomic mass is 16.3. The molecule has 1 N–H and O–H groups in total. The lowest BCUT2D eigenvalue weighted by molar-refractivity contribution is -0.130. The second-order valence-electron chi connectivity index (χ2n) is 3.83. The number of furan rings is 1. The zero-order valence-corrected chi connectivity index (χ0v) is 9.49. The summed E-state index contributed by atoms with van der Waals surface area (Å²) in [6.45, 7) is 5.01. The van der Waals surface area contributed by atoms with Gasteiger partial charge in [0.05, 0.1) is 19.1 Å². The number of carbonyl (C=O) groups is 1. The Labute approximate surface area is 90.3 Å². The fourth-order valence-electron chi connectivity index (χ4n) is 1.12. The second kappa shape index (κ2) is 5.56. The van der Waals surface area contributed by atoms with E-state index in [-0.39, 0.29) is 11.9 Å². The van der Waals surface area contributed by atoms with Crippen LogP contribution in [0.25, 0.3) is 0 Å². The first-order chi connectivity index (χ1) is 7.11. The van der Waals surface area contributed by atoms with Crippen molar-refractivity contribution in [2.75, 3.05) is 13.6 Å². The molecule has 0 fully saturated rings. The van der Waals surface area contributed by atoms with Crippen LogP contribution in [0.1, 0.15) is 19.4 Å². The minimum Gasteiger partial charge on any atom is -0.472 e. The number of hydrogen-bond acceptors (Lipinski definition) is 3. The Bertz CT molecular complexity index is 294. The van der Waals surface area contributed by atoms with Crippen molar-refractivity contribution in [2.24, 2.45) is 0 Å². The molecule has 0 saturated heterocycles. The zero-order chi connectivity index (χ0) is 11.3. The zero-order valence-electron chi connectivity index (χ0n) is 9.49. The van der Waals surface area contributed by atoms with Gasteiger partial charge in [-0.2, -0.15) is 0 Å². The number of carbonyl (C=O) groups excluding carboxylic acids is 1. The lowest BCUT2D eigenvalue weighted by Gasteiger charge is -2.21. The third kappa shape index (κ3) is 3.75. The number of amides is 1. The third-order valence-corrected chi connectivity index (χ3v) is 2.35. The Morgan fingerprint density at radius 3 is 2.87 bits per heavy atom. The van der Waals surface area contributed by atoms with E-state index < -0.39 is 0 Å². The normalized spacial score (nSPS) is 10.7. The summed E-state index contributed by atoms with van der Waals surface area (Å²) in [5, 5.41) is 3.07. The molecule has 0 aliphatic carbocycles. The van der Waals surface area contributed by atoms with Gasteiger partial charge in [0.15, 0.2) is 0 Å². The summed E-state index contributed by atoms with van der Waals surface area (Å²) < 4.78 is 4.92. The highest BCUT2D eigenvalue weighted by Gasteiger charge is 2.10. The maximum Gasteiger partial charge on any atom is 0.236 e. The lowest BCUT2D eigenvalue weighted by Crippen LogP contribution is -2.39. The molecule has 1 aromatic rings. The quantitative estimate of drug-likeness (QED) is 0.795. The summed E-state index contributed by atoms with van der Waals surface area (Å²) in [5.74, 6) is 0.105. The molecule has 0 atom stereocenters. The van der Waals surface area contributed by atoms with Crippen molar-refractivity contribution in [1.82, 2.24) is 10.2 Å². The van der Waals surface area contributed by atoms with Gasteiger partial charge in [-0.15, -0.1) is 0 Å². The van der Waals surface area contributed by atoms with E-state index in [1.165, 1.54) is 0 Å². The van der Waals surface area contributed by atoms with Gasteiger partial charge >= 0.3 is 0 Å². The van der Waals surface area contributed by atoms with Crippen LogP contribution in [-0.4, -0.2) is 30.4 Å². The van der Waals surface area contributed by atoms with Crippen molar-refractivity contribution < 1.29 is 9.21 Å². The van der Waals surface area contributed by atoms with Gasteiger partial charge in [-0.05, 0) is 19.9 Å². The molecule has 0 bridgehead atoms. The van der Waals surface area contributed by atoms with Crippen LogP contribution in [0.2, 0.25) is 0 Å². The van der Waals surface area contributed by atoms with E-state index >= 15 is 0 Å². The Hall–Kier alpha value is -1.29. The average molecular weight is 210 g/mol. The van der Waals surface area contributed by atoms with E-state index in [1.54, 1.807) is 17.4 Å². The second-order valence-corrected chi connectivity index (χ2v) is 3.83. The number of hydrogen-bond donors (Lipinski definition) is 1. The van der Waals surface area contributed by atoms with Gasteiger partial charge in [0, 0.05) is 25.2 Å². The minimum absolute atomic E-state index is 0.105. The van der Waals surface area contributed by atoms with E-state index in [2.05, 4.69) is 5.32 Å². The molecule has 0 aliphatic rings. The molecule has 1 heterocycles. The van der Waals surface area contributed by atoms with Crippen molar-refractivity contribution >= 4 is 5.91 Å². The predicted molar refractivity (Wildman–Crippen MR) is 58.3 cm³/mol. The Balaban J connectivity index is 2.23. The predicted octanol–water partition coefficient (Wildman–Crippen LogP) is 1.24. The van der Waals surface area contributed by atoms with Crippen LogP contribution in [0.3, 0.4) is 0 Å². The SMILES string of the molecule is CC(C)N(C)C(=O)CNCc1ccoc1. The Kier molecular flexibility index (Phi) is 4.37. The first-order valence-corrected chi connectivity index (χ1v) is 5.08. The molecule has 0 saturated carbocycles. The molecule has 1 aromatic heterocycles. The molecule has 0 aliphatic heterocycles. The third-order valence-electron chi connectivity index (χ3n) is 2.35. The summed E-state index contributed by atoms with van der Waals surface area (Å²) >= 11 is 0. The molecule has 0 unspecified atom stereocenters. The van der Waals surface area contributed by atoms with Crippen LogP contribution < -0.4 is 5.32 Å². The van der Waals surface area contributed by atoms with Crippen LogP contribution in [0.15, 0.2) is 23.0 Å². The standard InChI is InChI=1S/C11H18N2O2/c1-9(2)13(3)11(14)7-12-6-10-4-5-15-8-10/h4-5,8-9,12H,6-7H2,1-3H3. The molecular weight excluding hydrogens is 192 g/mol. The van der Waals surface area contributed by atoms with Crippen molar-refractivity contribution in [1.29, 1.82) is 0 Å². The van der Waals surface area contributed by atoms with Gasteiger partial charge in [0.2, 0.25) is 5.91 Å². The number of nitrogens with one attached hydrogen (secondary N) is 1. The molecule has 4 heteroatoms. The van der Waals surface area contributed by atoms with Crippen LogP contribution >= 0.6 is 0 Å². The van der Waals surface area contributed by atoms with Crippen LogP contribution in [0.5, 0.6) is 0 Å². The minimum atomic E-state index is 0.105. The van der Waals surface area contributed by atoms with Crippen LogP contribution in [0.4, 0.5) is 0 Å². The molecule has 0 radical (unpaired) electrons. The van der Waals surface area contributed by atoms with E-state index in [0.717, 1.165) is 5.56 Å². The van der Waals surface area contributed by atoms with E-state index in [1.807, 2.05) is 27.0 Å². The highest BCUT2D eigenvalue weighted by Crippen LogP contribution is 1.98. The topological polar surface area (TPSA) is 45.5 Å². The largest absolute Gasteiger partial charge is 0.472 e. The lowest BCUT2D eigenvalue weighted by atomic mass is 10.3. The maximum atomic E-state index is 11.6. The van der Waals surface area contributed by atoms with Gasteiger partial charge in [-0.25, -0.2) is 0 Å². The molecule has 84 valence electrons. The molecular formula is C11H18N2O2. The molecule has 1 amide bonds. The van der Waals surface area contributed by atoms with Crippen molar-refractivity contribution in [3.05, 3.63) is 24.2 Å². The fraction of sp³-hybridized carbons (Fsp3) is 0.545. The number of rotatable bonds is 5. The summed E-state index contributed by atoms with van der Waals surface area (Å²) in [7, 11) is 1.81. The van der Waals surface area contributed by atoms with Crippen molar-refractivity contribution in [3.63, 3.8) is 0 Å². The summed E-state index contributed by atoms with van der Waals surface area (Å²) in [5.41, 5.74) is 1.05. The first-order valence-electron chi connectivity index (χ1n) is 5.08. The average Bonchev–Trinajstić information content (AvgIpc) is 2.69. The number of likely N-dealkylation sites (N-methyl/N-ethyl adjacent to an activating group) is 1. The first kappa shape index (κ1) is 11.8. The monoisotopic (exact) mass is 210 g/mol. The summed E-state index contributed by atoms with van der Waals surface area (Å²) in [6, 6.07) is 2.12. The molecule has 0 aromatic carbocycles. The van der Waals surface area contributed by atoms with E-state index in [9.17, 15) is 4.79 Å². The van der Waals surface area contributed by atoms with Gasteiger partial charge in [0.1, 0.15) is 0 Å². The Morgan fingerprint density at radius 2 is 2.33 bits per heavy atom. The van der Waals surface area contributed by atoms with Crippen molar-refractivity contribution in [3.8, 4) is 0 Å². The van der Waals surface area contributed by atoms with E-state index in [4.69, 9.17) is 4.42 Å². The van der Waals surface area contributed by atoms with Gasteiger partial charge in [0.25, 0.3) is 0 Å². The highest BCUT2D eigenvalue weighted by molar-refractivity contribution is 5.78. The number of nitrogens with zero attached hydrogens (tertiary/aromatic N) is 1. The Morgan fingerprint density at radius 1 is 1.60 bits per heavy atom. The van der Waals surface area contributed by atoms with Gasteiger partial charge in [-0.3, -0.25) is 4.79 Å². The van der Waals surface area contributed by atoms with Crippen LogP contribution in [0, 0.1) is 0 Å². The van der Waals surface area contributed by atoms with Crippen molar-refractivity contribution in [2.45, 2.75) is 26.4 Å². The summed E-state index contributed by atoms with van der Waals surface area (Å²) in [6.07, 6.45) is 3.29. The summed E-state index contributed by atoms with van der Waals surface area (Å²) in [4.78, 5) is 13.3. The molecule has 0 spiro atoms. The molecule has 4 nitrogen and oxygen atoms in total. The van der Waals surface area contributed by atoms with Gasteiger partial charge in [-0.1, -0.05) is 0 Å². The van der Waals surface area contributed by atoms with Gasteiger partial charge < -0.3 is 14.6 Å². The maximum absolute atomic E-state index is 11.6.